The summed E-state index contributed by atoms with van der Waals surface area (Å²) in [6.45, 7) is 21.2. The van der Waals surface area contributed by atoms with Gasteiger partial charge in [0.15, 0.2) is 0 Å². The molecule has 34 heavy (non-hydrogen) atoms. The third-order valence-corrected chi connectivity index (χ3v) is 7.53. The van der Waals surface area contributed by atoms with Crippen molar-refractivity contribution >= 4 is 37.3 Å². The third-order valence-electron chi connectivity index (χ3n) is 6.29. The molecule has 0 radical (unpaired) electrons. The molecule has 1 N–H and O–H groups in total. The van der Waals surface area contributed by atoms with Crippen LogP contribution in [-0.4, -0.2) is 64.3 Å². The summed E-state index contributed by atoms with van der Waals surface area (Å²) in [6.07, 6.45) is 3.58. The van der Waals surface area contributed by atoms with Crippen molar-refractivity contribution in [1.29, 1.82) is 0 Å². The van der Waals surface area contributed by atoms with Crippen LogP contribution in [0.3, 0.4) is 0 Å². The van der Waals surface area contributed by atoms with Crippen LogP contribution in [0.5, 0.6) is 0 Å². The molecule has 1 unspecified atom stereocenters. The summed E-state index contributed by atoms with van der Waals surface area (Å²) in [6, 6.07) is 0. The van der Waals surface area contributed by atoms with Gasteiger partial charge in [-0.25, -0.2) is 0 Å². The number of imide groups is 1. The summed E-state index contributed by atoms with van der Waals surface area (Å²) in [7, 11) is 2.21. The van der Waals surface area contributed by atoms with E-state index in [0.29, 0.717) is 6.42 Å². The zero-order chi connectivity index (χ0) is 26.5. The first kappa shape index (κ1) is 31.0. The first-order valence-corrected chi connectivity index (χ1v) is 13.7. The Morgan fingerprint density at radius 1 is 1.06 bits per heavy atom. The molecule has 1 fully saturated rings. The molecule has 0 aromatic rings. The lowest BCUT2D eigenvalue weighted by Gasteiger charge is -2.35. The summed E-state index contributed by atoms with van der Waals surface area (Å²) in [4.78, 5) is 39.6. The first-order valence-electron chi connectivity index (χ1n) is 12.7. The van der Waals surface area contributed by atoms with E-state index in [1.54, 1.807) is 0 Å². The van der Waals surface area contributed by atoms with E-state index in [1.165, 1.54) is 16.7 Å². The van der Waals surface area contributed by atoms with Crippen molar-refractivity contribution in [2.24, 2.45) is 0 Å². The largest absolute Gasteiger partial charge is 0.376 e. The Morgan fingerprint density at radius 2 is 1.65 bits per heavy atom. The number of carbonyl (C=O) groups is 3. The van der Waals surface area contributed by atoms with E-state index >= 15 is 0 Å². The summed E-state index contributed by atoms with van der Waals surface area (Å²) < 4.78 is 6.12. The minimum absolute atomic E-state index is 0.0586. The number of amides is 3. The van der Waals surface area contributed by atoms with E-state index in [-0.39, 0.29) is 57.5 Å². The highest BCUT2D eigenvalue weighted by atomic mass is 32.2. The highest BCUT2D eigenvalue weighted by molar-refractivity contribution is 8.01. The van der Waals surface area contributed by atoms with Crippen LogP contribution in [0.2, 0.25) is 5.31 Å². The summed E-state index contributed by atoms with van der Waals surface area (Å²) in [5.74, 6) is -0.317. The van der Waals surface area contributed by atoms with Crippen LogP contribution >= 0.6 is 11.8 Å². The second kappa shape index (κ2) is 11.8. The van der Waals surface area contributed by atoms with Gasteiger partial charge in [0.2, 0.25) is 17.7 Å². The van der Waals surface area contributed by atoms with Crippen molar-refractivity contribution in [3.05, 3.63) is 0 Å². The van der Waals surface area contributed by atoms with Gasteiger partial charge in [0.05, 0.1) is 10.9 Å². The second-order valence-electron chi connectivity index (χ2n) is 13.1. The molecular formula is C26H49BN2O4S. The zero-order valence-electron chi connectivity index (χ0n) is 23.6. The van der Waals surface area contributed by atoms with Crippen LogP contribution in [0.15, 0.2) is 0 Å². The fraction of sp³-hybridized carbons (Fsp3) is 0.885. The number of rotatable bonds is 14. The molecule has 0 aromatic heterocycles. The fourth-order valence-corrected chi connectivity index (χ4v) is 5.15. The molecule has 1 atom stereocenters. The molecule has 0 aliphatic carbocycles. The van der Waals surface area contributed by atoms with Gasteiger partial charge >= 0.3 is 0 Å². The van der Waals surface area contributed by atoms with Gasteiger partial charge in [0.25, 0.3) is 0 Å². The van der Waals surface area contributed by atoms with Crippen LogP contribution in [0.4, 0.5) is 0 Å². The van der Waals surface area contributed by atoms with Crippen molar-refractivity contribution in [1.82, 2.24) is 10.2 Å². The van der Waals surface area contributed by atoms with Gasteiger partial charge in [0.1, 0.15) is 7.85 Å². The summed E-state index contributed by atoms with van der Waals surface area (Å²) in [5.41, 5.74) is -1.31. The van der Waals surface area contributed by atoms with Gasteiger partial charge in [-0.05, 0) is 72.5 Å². The molecule has 0 saturated carbocycles. The molecule has 196 valence electrons. The third kappa shape index (κ3) is 10.7. The Hall–Kier alpha value is -1.02. The molecule has 0 bridgehead atoms. The molecule has 1 aliphatic rings. The lowest BCUT2D eigenvalue weighted by molar-refractivity contribution is -0.145. The number of carbonyl (C=O) groups excluding carboxylic acids is 3. The molecule has 0 spiro atoms. The maximum absolute atomic E-state index is 12.9. The molecule has 6 nitrogen and oxygen atoms in total. The molecule has 8 heteroatoms. The van der Waals surface area contributed by atoms with Crippen molar-refractivity contribution in [3.8, 4) is 0 Å². The topological polar surface area (TPSA) is 75.7 Å². The predicted octanol–water partition coefficient (Wildman–Crippen LogP) is 4.51. The molecule has 1 aliphatic heterocycles. The fourth-order valence-electron chi connectivity index (χ4n) is 4.03. The van der Waals surface area contributed by atoms with Crippen molar-refractivity contribution in [2.45, 2.75) is 140 Å². The number of likely N-dealkylation sites (tertiary alicyclic amines) is 1. The molecule has 3 amide bonds. The maximum atomic E-state index is 12.9. The minimum atomic E-state index is -0.690. The Bertz CT molecular complexity index is 729. The number of thioether (sulfide) groups is 1. The van der Waals surface area contributed by atoms with Crippen molar-refractivity contribution < 1.29 is 19.1 Å². The smallest absolute Gasteiger partial charge is 0.243 e. The van der Waals surface area contributed by atoms with Crippen molar-refractivity contribution in [2.75, 3.05) is 6.61 Å². The van der Waals surface area contributed by atoms with E-state index < -0.39 is 5.54 Å². The average molecular weight is 497 g/mol. The number of nitrogens with one attached hydrogen (secondary N) is 1. The van der Waals surface area contributed by atoms with Gasteiger partial charge in [-0.2, -0.15) is 0 Å². The average Bonchev–Trinajstić information content (AvgIpc) is 2.90. The highest BCUT2D eigenvalue weighted by Crippen LogP contribution is 2.34. The van der Waals surface area contributed by atoms with Crippen molar-refractivity contribution in [3.63, 3.8) is 0 Å². The minimum Gasteiger partial charge on any atom is -0.376 e. The SMILES string of the molecule is BC(C)(C)CCOC(C)(C)CCC(C)(C)NC(=O)CCC(C)(C)N1C(=O)CC(SC(C)C)C1=O. The van der Waals surface area contributed by atoms with Gasteiger partial charge in [0, 0.05) is 30.5 Å². The maximum Gasteiger partial charge on any atom is 0.243 e. The molecular weight excluding hydrogens is 447 g/mol. The summed E-state index contributed by atoms with van der Waals surface area (Å²) in [5, 5.41) is 3.36. The monoisotopic (exact) mass is 496 g/mol. The van der Waals surface area contributed by atoms with E-state index in [4.69, 9.17) is 4.74 Å². The Labute approximate surface area is 213 Å². The van der Waals surface area contributed by atoms with Gasteiger partial charge in [-0.15, -0.1) is 11.8 Å². The first-order chi connectivity index (χ1) is 15.2. The lowest BCUT2D eigenvalue weighted by atomic mass is 9.70. The lowest BCUT2D eigenvalue weighted by Crippen LogP contribution is -2.50. The Morgan fingerprint density at radius 3 is 2.18 bits per heavy atom. The zero-order valence-corrected chi connectivity index (χ0v) is 24.4. The van der Waals surface area contributed by atoms with Crippen LogP contribution in [-0.2, 0) is 19.1 Å². The van der Waals surface area contributed by atoms with E-state index in [9.17, 15) is 14.4 Å². The molecule has 1 rings (SSSR count). The Balaban J connectivity index is 2.56. The van der Waals surface area contributed by atoms with Gasteiger partial charge in [-0.3, -0.25) is 19.3 Å². The van der Waals surface area contributed by atoms with Crippen LogP contribution < -0.4 is 5.32 Å². The molecule has 0 aromatic carbocycles. The second-order valence-corrected chi connectivity index (χ2v) is 14.9. The predicted molar refractivity (Wildman–Crippen MR) is 145 cm³/mol. The van der Waals surface area contributed by atoms with Crippen LogP contribution in [0.25, 0.3) is 0 Å². The molecule has 1 saturated heterocycles. The normalized spacial score (nSPS) is 18.2. The highest BCUT2D eigenvalue weighted by Gasteiger charge is 2.46. The van der Waals surface area contributed by atoms with Crippen LogP contribution in [0.1, 0.15) is 108 Å². The van der Waals surface area contributed by atoms with E-state index in [1.807, 2.05) is 41.5 Å². The van der Waals surface area contributed by atoms with Gasteiger partial charge < -0.3 is 10.1 Å². The number of nitrogens with zero attached hydrogens (tertiary/aromatic N) is 1. The standard InChI is InChI=1S/C26H49BN2O4S/c1-18(2)34-19-17-21(31)29(22(19)32)25(7,8)12-11-20(30)28-24(5,6)13-14-26(9,10)33-16-15-23(3,4)27/h18-19H,11-17,27H2,1-10H3,(H,28,30). The van der Waals surface area contributed by atoms with E-state index in [2.05, 4.69) is 40.9 Å². The Kier molecular flexibility index (Phi) is 10.8. The number of ether oxygens (including phenoxy) is 1. The number of hydrogen-bond acceptors (Lipinski definition) is 5. The molecule has 1 heterocycles. The number of hydrogen-bond donors (Lipinski definition) is 1. The van der Waals surface area contributed by atoms with E-state index in [0.717, 1.165) is 25.9 Å². The summed E-state index contributed by atoms with van der Waals surface area (Å²) >= 11 is 1.54. The van der Waals surface area contributed by atoms with Gasteiger partial charge in [-0.1, -0.05) is 33.0 Å². The quantitative estimate of drug-likeness (QED) is 0.283. The van der Waals surface area contributed by atoms with Crippen LogP contribution in [0, 0.1) is 0 Å².